The van der Waals surface area contributed by atoms with Gasteiger partial charge in [0.05, 0.1) is 11.1 Å². The van der Waals surface area contributed by atoms with Gasteiger partial charge in [-0.15, -0.1) is 12.4 Å². The molecule has 3 amide bonds. The average molecular weight is 1040 g/mol. The van der Waals surface area contributed by atoms with Gasteiger partial charge in [0.25, 0.3) is 22.7 Å². The van der Waals surface area contributed by atoms with Gasteiger partial charge in [0, 0.05) is 59.2 Å². The number of nitrogens with two attached hydrogens (primary N) is 2. The molecule has 6 aromatic rings. The van der Waals surface area contributed by atoms with Crippen molar-refractivity contribution >= 4 is 89.5 Å². The Morgan fingerprint density at radius 2 is 1.20 bits per heavy atom. The van der Waals surface area contributed by atoms with Crippen molar-refractivity contribution in [3.63, 3.8) is 0 Å². The molecule has 0 fully saturated rings. The second-order valence-corrected chi connectivity index (χ2v) is 17.1. The molecule has 4 aliphatic rings. The maximum Gasteiger partial charge on any atom is 0.410 e. The van der Waals surface area contributed by atoms with Gasteiger partial charge in [0.15, 0.2) is 0 Å². The Bertz CT molecular complexity index is 2690. The molecule has 0 bridgehead atoms. The van der Waals surface area contributed by atoms with Crippen molar-refractivity contribution in [3.05, 3.63) is 193 Å². The monoisotopic (exact) mass is 1030 g/mol. The average Bonchev–Trinajstić information content (AvgIpc) is 4.06. The van der Waals surface area contributed by atoms with Gasteiger partial charge in [-0.25, -0.2) is 4.79 Å². The van der Waals surface area contributed by atoms with E-state index in [1.165, 1.54) is 26.7 Å². The minimum Gasteiger partial charge on any atom is -0.445 e. The lowest BCUT2D eigenvalue weighted by Crippen LogP contribution is -2.40. The standard InChI is InChI=1S/C16H14BrNO2.C13H13N3O2.C8H4BrNO2.C8H8BrN.ClH/c17-15-7-6-13-9-18(10-14(13)8-15)16(19)20-11-12-4-2-1-3-5-12;14-4-7-1-2-8-5-16(6-9(8)3-7)11-10(15)12(17)13(11)18;9-4-1-2-5-6(3-4)8(12)10-7(5)11;9-8-2-1-6-4-10-5-7(6)3-8;/h1-8H,9-11H2;1-3H,4-6,14-15H2;1-3H,(H,10,11,12);1-3,10H,4-5H2;1H. The number of nitrogen functional groups attached to an aromatic ring is 1. The fourth-order valence-electron chi connectivity index (χ4n) is 7.15. The zero-order valence-electron chi connectivity index (χ0n) is 32.5. The predicted octanol–water partition coefficient (Wildman–Crippen LogP) is 7.75. The van der Waals surface area contributed by atoms with Crippen molar-refractivity contribution in [2.45, 2.75) is 52.4 Å². The van der Waals surface area contributed by atoms with E-state index in [1.54, 1.807) is 23.1 Å². The first-order valence-corrected chi connectivity index (χ1v) is 21.3. The third-order valence-corrected chi connectivity index (χ3v) is 11.8. The lowest BCUT2D eigenvalue weighted by atomic mass is 10.1. The van der Waals surface area contributed by atoms with Crippen LogP contribution in [0.15, 0.2) is 126 Å². The molecule has 0 radical (unpaired) electrons. The fraction of sp³-hybridized carbons (Fsp3) is 0.178. The Kier molecular flexibility index (Phi) is 15.0. The second-order valence-electron chi connectivity index (χ2n) is 14.4. The summed E-state index contributed by atoms with van der Waals surface area (Å²) < 4.78 is 8.36. The van der Waals surface area contributed by atoms with Gasteiger partial charge < -0.3 is 26.4 Å². The summed E-state index contributed by atoms with van der Waals surface area (Å²) in [5, 5.41) is 5.50. The second kappa shape index (κ2) is 20.1. The number of carbonyl (C=O) groups excluding carboxylic acids is 3. The summed E-state index contributed by atoms with van der Waals surface area (Å²) in [5.41, 5.74) is 21.1. The topological polar surface area (TPSA) is 177 Å². The number of nitrogens with zero attached hydrogens (tertiary/aromatic N) is 2. The van der Waals surface area contributed by atoms with E-state index in [2.05, 4.69) is 82.7 Å². The van der Waals surface area contributed by atoms with Crippen LogP contribution in [-0.4, -0.2) is 22.8 Å². The third-order valence-electron chi connectivity index (χ3n) is 10.3. The van der Waals surface area contributed by atoms with Crippen LogP contribution in [0.1, 0.15) is 65.2 Å². The van der Waals surface area contributed by atoms with E-state index in [-0.39, 0.29) is 36.0 Å². The molecule has 0 saturated heterocycles. The number of nitrogens with one attached hydrogen (secondary N) is 2. The van der Waals surface area contributed by atoms with Crippen LogP contribution in [0.25, 0.3) is 0 Å². The van der Waals surface area contributed by atoms with Crippen LogP contribution < -0.4 is 37.9 Å². The van der Waals surface area contributed by atoms with Crippen molar-refractivity contribution in [2.75, 3.05) is 10.6 Å². The summed E-state index contributed by atoms with van der Waals surface area (Å²) in [6, 6.07) is 33.3. The molecule has 0 aromatic heterocycles. The number of imide groups is 1. The van der Waals surface area contributed by atoms with E-state index in [1.807, 2.05) is 65.6 Å². The molecular weight excluding hydrogens is 996 g/mol. The van der Waals surface area contributed by atoms with Gasteiger partial charge >= 0.3 is 6.09 Å². The minimum absolute atomic E-state index is 0. The molecule has 0 saturated carbocycles. The number of benzene rings is 5. The quantitative estimate of drug-likeness (QED) is 0.101. The lowest BCUT2D eigenvalue weighted by Gasteiger charge is -2.19. The molecule has 0 aliphatic carbocycles. The van der Waals surface area contributed by atoms with E-state index in [4.69, 9.17) is 16.2 Å². The van der Waals surface area contributed by atoms with Crippen LogP contribution in [0.3, 0.4) is 0 Å². The lowest BCUT2D eigenvalue weighted by molar-refractivity contribution is 0.0878. The molecule has 6 N–H and O–H groups in total. The summed E-state index contributed by atoms with van der Waals surface area (Å²) >= 11 is 10.1. The Labute approximate surface area is 383 Å². The van der Waals surface area contributed by atoms with Gasteiger partial charge in [-0.2, -0.15) is 0 Å². The van der Waals surface area contributed by atoms with Gasteiger partial charge in [-0.05, 0) is 87.0 Å². The fourth-order valence-corrected chi connectivity index (χ4v) is 8.33. The molecule has 10 rings (SSSR count). The van der Waals surface area contributed by atoms with Crippen molar-refractivity contribution in [1.82, 2.24) is 15.5 Å². The number of rotatable bonds is 4. The van der Waals surface area contributed by atoms with Crippen molar-refractivity contribution in [1.29, 1.82) is 0 Å². The van der Waals surface area contributed by atoms with Crippen LogP contribution in [0.4, 0.5) is 16.2 Å². The smallest absolute Gasteiger partial charge is 0.410 e. The molecule has 16 heteroatoms. The summed E-state index contributed by atoms with van der Waals surface area (Å²) in [5.74, 6) is -0.640. The Morgan fingerprint density at radius 1 is 0.623 bits per heavy atom. The van der Waals surface area contributed by atoms with Gasteiger partial charge in [0.2, 0.25) is 0 Å². The predicted molar refractivity (Wildman–Crippen MR) is 248 cm³/mol. The number of halogens is 4. The number of carbonyl (C=O) groups is 3. The van der Waals surface area contributed by atoms with Gasteiger partial charge in [0.1, 0.15) is 18.0 Å². The highest BCUT2D eigenvalue weighted by atomic mass is 79.9. The van der Waals surface area contributed by atoms with Gasteiger partial charge in [-0.3, -0.25) is 29.4 Å². The van der Waals surface area contributed by atoms with E-state index in [0.29, 0.717) is 56.1 Å². The van der Waals surface area contributed by atoms with Crippen molar-refractivity contribution in [3.8, 4) is 0 Å². The zero-order valence-corrected chi connectivity index (χ0v) is 38.1. The van der Waals surface area contributed by atoms with E-state index in [9.17, 15) is 24.0 Å². The SMILES string of the molecule is Brc1ccc2c(c1)CNC2.Cl.NCc1ccc2c(c1)CN(c1c(N)c(=O)c1=O)C2.O=C(OCc1ccccc1)N1Cc2ccc(Br)cc2C1.O=C1NC(=O)c2cc(Br)ccc21. The van der Waals surface area contributed by atoms with Crippen LogP contribution in [-0.2, 0) is 57.2 Å². The highest BCUT2D eigenvalue weighted by Gasteiger charge is 2.29. The van der Waals surface area contributed by atoms with E-state index >= 15 is 0 Å². The maximum atomic E-state index is 12.1. The highest BCUT2D eigenvalue weighted by molar-refractivity contribution is 9.11. The first kappa shape index (κ1) is 45.4. The van der Waals surface area contributed by atoms with Gasteiger partial charge in [-0.1, -0.05) is 108 Å². The molecule has 4 aliphatic heterocycles. The maximum absolute atomic E-state index is 12.1. The van der Waals surface area contributed by atoms with Crippen LogP contribution in [0.5, 0.6) is 0 Å². The zero-order chi connectivity index (χ0) is 42.5. The number of anilines is 2. The molecule has 12 nitrogen and oxygen atoms in total. The molecular formula is C45H40Br3ClN6O6. The molecule has 4 heterocycles. The Balaban J connectivity index is 0.000000140. The van der Waals surface area contributed by atoms with Crippen LogP contribution in [0, 0.1) is 0 Å². The molecule has 0 spiro atoms. The largest absolute Gasteiger partial charge is 0.445 e. The Morgan fingerprint density at radius 3 is 1.92 bits per heavy atom. The highest BCUT2D eigenvalue weighted by Crippen LogP contribution is 2.30. The number of hydrogen-bond donors (Lipinski definition) is 4. The molecule has 314 valence electrons. The number of amides is 3. The molecule has 61 heavy (non-hydrogen) atoms. The molecule has 6 aromatic carbocycles. The van der Waals surface area contributed by atoms with Crippen molar-refractivity contribution in [2.24, 2.45) is 5.73 Å². The minimum atomic E-state index is -0.566. The summed E-state index contributed by atoms with van der Waals surface area (Å²) in [6.07, 6.45) is -0.263. The number of ether oxygens (including phenoxy) is 1. The summed E-state index contributed by atoms with van der Waals surface area (Å²) in [6.45, 7) is 5.33. The molecule has 0 unspecified atom stereocenters. The first-order valence-electron chi connectivity index (χ1n) is 18.9. The van der Waals surface area contributed by atoms with E-state index in [0.717, 1.165) is 44.3 Å². The Hall–Kier alpha value is -5.16. The first-order chi connectivity index (χ1) is 28.9. The van der Waals surface area contributed by atoms with E-state index < -0.39 is 10.9 Å². The normalized spacial score (nSPS) is 13.8. The van der Waals surface area contributed by atoms with Crippen molar-refractivity contribution < 1.29 is 19.1 Å². The van der Waals surface area contributed by atoms with Crippen LogP contribution in [0.2, 0.25) is 0 Å². The third kappa shape index (κ3) is 10.7. The summed E-state index contributed by atoms with van der Waals surface area (Å²) in [4.78, 5) is 60.4. The number of hydrogen-bond acceptors (Lipinski definition) is 10. The van der Waals surface area contributed by atoms with Crippen LogP contribution >= 0.6 is 60.2 Å². The summed E-state index contributed by atoms with van der Waals surface area (Å²) in [7, 11) is 0. The number of fused-ring (bicyclic) bond motifs is 4. The molecule has 0 atom stereocenters.